The van der Waals surface area contributed by atoms with Gasteiger partial charge in [0.25, 0.3) is 0 Å². The number of nitrogens with zero attached hydrogens (tertiary/aromatic N) is 5. The van der Waals surface area contributed by atoms with Crippen LogP contribution in [0.15, 0.2) is 53.6 Å². The largest absolute Gasteiger partial charge is 0.342 e. The van der Waals surface area contributed by atoms with Crippen molar-refractivity contribution in [2.45, 2.75) is 18.8 Å². The fraction of sp³-hybridized carbons (Fsp3) is 0.278. The zero-order chi connectivity index (χ0) is 17.1. The summed E-state index contributed by atoms with van der Waals surface area (Å²) in [7, 11) is 0. The molecule has 126 valence electrons. The van der Waals surface area contributed by atoms with E-state index in [1.54, 1.807) is 24.8 Å². The Morgan fingerprint density at radius 2 is 2.08 bits per heavy atom. The highest BCUT2D eigenvalue weighted by Gasteiger charge is 2.31. The van der Waals surface area contributed by atoms with Crippen LogP contribution in [0.3, 0.4) is 0 Å². The Bertz CT molecular complexity index is 850. The average Bonchev–Trinajstić information content (AvgIpc) is 3.33. The van der Waals surface area contributed by atoms with E-state index in [0.29, 0.717) is 31.2 Å². The van der Waals surface area contributed by atoms with Crippen LogP contribution in [0.2, 0.25) is 0 Å². The maximum absolute atomic E-state index is 12.4. The molecule has 1 saturated heterocycles. The lowest BCUT2D eigenvalue weighted by Crippen LogP contribution is -2.29. The number of pyridine rings is 2. The van der Waals surface area contributed by atoms with Crippen molar-refractivity contribution < 1.29 is 9.32 Å². The van der Waals surface area contributed by atoms with E-state index in [4.69, 9.17) is 4.52 Å². The monoisotopic (exact) mass is 335 g/mol. The predicted molar refractivity (Wildman–Crippen MR) is 89.4 cm³/mol. The van der Waals surface area contributed by atoms with Crippen LogP contribution in [0.5, 0.6) is 0 Å². The second kappa shape index (κ2) is 6.80. The average molecular weight is 335 g/mol. The molecule has 4 heterocycles. The third-order valence-corrected chi connectivity index (χ3v) is 4.35. The summed E-state index contributed by atoms with van der Waals surface area (Å²) in [5.41, 5.74) is 1.79. The van der Waals surface area contributed by atoms with Crippen LogP contribution in [0.4, 0.5) is 0 Å². The molecule has 7 nitrogen and oxygen atoms in total. The molecule has 0 radical (unpaired) electrons. The lowest BCUT2D eigenvalue weighted by molar-refractivity contribution is -0.129. The first kappa shape index (κ1) is 15.4. The first-order valence-corrected chi connectivity index (χ1v) is 8.20. The summed E-state index contributed by atoms with van der Waals surface area (Å²) < 4.78 is 5.42. The lowest BCUT2D eigenvalue weighted by atomic mass is 10.1. The van der Waals surface area contributed by atoms with E-state index in [-0.39, 0.29) is 11.8 Å². The minimum Gasteiger partial charge on any atom is -0.342 e. The Balaban J connectivity index is 1.41. The van der Waals surface area contributed by atoms with Crippen molar-refractivity contribution >= 4 is 5.91 Å². The van der Waals surface area contributed by atoms with Gasteiger partial charge in [-0.25, -0.2) is 0 Å². The molecule has 1 atom stereocenters. The van der Waals surface area contributed by atoms with Crippen LogP contribution in [0.1, 0.15) is 23.8 Å². The molecule has 4 rings (SSSR count). The van der Waals surface area contributed by atoms with E-state index in [9.17, 15) is 4.79 Å². The molecule has 0 saturated carbocycles. The van der Waals surface area contributed by atoms with Gasteiger partial charge in [0, 0.05) is 43.4 Å². The van der Waals surface area contributed by atoms with Crippen LogP contribution in [-0.4, -0.2) is 44.0 Å². The minimum atomic E-state index is 0.0842. The summed E-state index contributed by atoms with van der Waals surface area (Å²) in [6.07, 6.45) is 8.02. The summed E-state index contributed by atoms with van der Waals surface area (Å²) in [5, 5.41) is 4.04. The third-order valence-electron chi connectivity index (χ3n) is 4.35. The molecule has 0 aromatic carbocycles. The summed E-state index contributed by atoms with van der Waals surface area (Å²) in [4.78, 5) is 26.8. The molecule has 0 spiro atoms. The maximum atomic E-state index is 12.4. The number of carbonyl (C=O) groups is 1. The van der Waals surface area contributed by atoms with E-state index in [1.807, 2.05) is 29.2 Å². The van der Waals surface area contributed by atoms with E-state index in [0.717, 1.165) is 17.5 Å². The van der Waals surface area contributed by atoms with Crippen LogP contribution < -0.4 is 0 Å². The van der Waals surface area contributed by atoms with Crippen molar-refractivity contribution in [1.82, 2.24) is 25.0 Å². The molecule has 0 N–H and O–H groups in total. The molecule has 7 heteroatoms. The van der Waals surface area contributed by atoms with Crippen LogP contribution in [0.25, 0.3) is 11.4 Å². The van der Waals surface area contributed by atoms with Gasteiger partial charge in [0.2, 0.25) is 17.6 Å². The molecular formula is C18H17N5O2. The highest BCUT2D eigenvalue weighted by atomic mass is 16.5. The zero-order valence-corrected chi connectivity index (χ0v) is 13.6. The molecule has 0 bridgehead atoms. The van der Waals surface area contributed by atoms with Gasteiger partial charge >= 0.3 is 0 Å². The molecule has 1 amide bonds. The summed E-state index contributed by atoms with van der Waals surface area (Å²) in [6, 6.07) is 7.44. The first-order chi connectivity index (χ1) is 12.3. The van der Waals surface area contributed by atoms with Crippen molar-refractivity contribution in [1.29, 1.82) is 0 Å². The van der Waals surface area contributed by atoms with Gasteiger partial charge in [0.15, 0.2) is 0 Å². The maximum Gasteiger partial charge on any atom is 0.231 e. The highest BCUT2D eigenvalue weighted by Crippen LogP contribution is 2.28. The van der Waals surface area contributed by atoms with Gasteiger partial charge in [0.05, 0.1) is 12.3 Å². The van der Waals surface area contributed by atoms with Gasteiger partial charge in [-0.1, -0.05) is 11.2 Å². The van der Waals surface area contributed by atoms with Crippen molar-refractivity contribution in [2.75, 3.05) is 13.1 Å². The SMILES string of the molecule is O=C(Cc1cccnc1)N1CC[C@@H](c2nc(-c3ccncc3)no2)C1. The lowest BCUT2D eigenvalue weighted by Gasteiger charge is -2.15. The smallest absolute Gasteiger partial charge is 0.231 e. The van der Waals surface area contributed by atoms with E-state index in [1.165, 1.54) is 0 Å². The fourth-order valence-corrected chi connectivity index (χ4v) is 3.00. The predicted octanol–water partition coefficient (Wildman–Crippen LogP) is 2.09. The number of likely N-dealkylation sites (tertiary alicyclic amines) is 1. The highest BCUT2D eigenvalue weighted by molar-refractivity contribution is 5.79. The van der Waals surface area contributed by atoms with Gasteiger partial charge < -0.3 is 9.42 Å². The number of carbonyl (C=O) groups excluding carboxylic acids is 1. The standard InChI is InChI=1S/C18H17N5O2/c24-16(10-13-2-1-6-20-11-13)23-9-5-15(12-23)18-21-17(22-25-18)14-3-7-19-8-4-14/h1-4,6-8,11,15H,5,9-10,12H2/t15-/m1/s1. The Labute approximate surface area is 144 Å². The van der Waals surface area contributed by atoms with Gasteiger partial charge in [-0.3, -0.25) is 14.8 Å². The van der Waals surface area contributed by atoms with Crippen LogP contribution in [-0.2, 0) is 11.2 Å². The summed E-state index contributed by atoms with van der Waals surface area (Å²) >= 11 is 0. The van der Waals surface area contributed by atoms with E-state index >= 15 is 0 Å². The van der Waals surface area contributed by atoms with Gasteiger partial charge in [-0.15, -0.1) is 0 Å². The molecule has 3 aromatic heterocycles. The molecule has 3 aromatic rings. The Morgan fingerprint density at radius 1 is 1.20 bits per heavy atom. The van der Waals surface area contributed by atoms with Crippen molar-refractivity contribution in [3.8, 4) is 11.4 Å². The van der Waals surface area contributed by atoms with Crippen molar-refractivity contribution in [3.05, 3.63) is 60.5 Å². The topological polar surface area (TPSA) is 85.0 Å². The molecule has 1 aliphatic rings. The Morgan fingerprint density at radius 3 is 2.88 bits per heavy atom. The minimum absolute atomic E-state index is 0.0842. The van der Waals surface area contributed by atoms with E-state index in [2.05, 4.69) is 20.1 Å². The first-order valence-electron chi connectivity index (χ1n) is 8.20. The number of aromatic nitrogens is 4. The molecule has 1 fully saturated rings. The fourth-order valence-electron chi connectivity index (χ4n) is 3.00. The van der Waals surface area contributed by atoms with Gasteiger partial charge in [0.1, 0.15) is 0 Å². The second-order valence-corrected chi connectivity index (χ2v) is 6.06. The van der Waals surface area contributed by atoms with E-state index < -0.39 is 0 Å². The number of hydrogen-bond acceptors (Lipinski definition) is 6. The van der Waals surface area contributed by atoms with Gasteiger partial charge in [-0.05, 0) is 30.2 Å². The quantitative estimate of drug-likeness (QED) is 0.726. The van der Waals surface area contributed by atoms with Crippen molar-refractivity contribution in [3.63, 3.8) is 0 Å². The molecule has 1 aliphatic heterocycles. The Kier molecular flexibility index (Phi) is 4.20. The van der Waals surface area contributed by atoms with Crippen LogP contribution in [0, 0.1) is 0 Å². The number of amides is 1. The van der Waals surface area contributed by atoms with Gasteiger partial charge in [-0.2, -0.15) is 4.98 Å². The molecular weight excluding hydrogens is 318 g/mol. The molecule has 0 unspecified atom stereocenters. The van der Waals surface area contributed by atoms with Crippen LogP contribution >= 0.6 is 0 Å². The molecule has 0 aliphatic carbocycles. The third kappa shape index (κ3) is 3.40. The second-order valence-electron chi connectivity index (χ2n) is 6.06. The normalized spacial score (nSPS) is 17.0. The Hall–Kier alpha value is -3.09. The van der Waals surface area contributed by atoms with Crippen molar-refractivity contribution in [2.24, 2.45) is 0 Å². The number of rotatable bonds is 4. The summed E-state index contributed by atoms with van der Waals surface area (Å²) in [6.45, 7) is 1.31. The zero-order valence-electron chi connectivity index (χ0n) is 13.6. The summed E-state index contributed by atoms with van der Waals surface area (Å²) in [5.74, 6) is 1.33. The number of hydrogen-bond donors (Lipinski definition) is 0. The molecule has 25 heavy (non-hydrogen) atoms.